The van der Waals surface area contributed by atoms with Gasteiger partial charge in [-0.15, -0.1) is 0 Å². The van der Waals surface area contributed by atoms with E-state index in [4.69, 9.17) is 2.74 Å². The molecule has 0 aromatic carbocycles. The number of rotatable bonds is 0. The van der Waals surface area contributed by atoms with Gasteiger partial charge in [-0.05, 0) is 97.7 Å². The second-order valence-electron chi connectivity index (χ2n) is 8.43. The summed E-state index contributed by atoms with van der Waals surface area (Å²) >= 11 is 0. The molecule has 9 aliphatic rings. The van der Waals surface area contributed by atoms with Crippen molar-refractivity contribution in [1.82, 2.24) is 0 Å². The minimum absolute atomic E-state index is 0.0949. The normalized spacial score (nSPS) is 73.2. The van der Waals surface area contributed by atoms with Gasteiger partial charge in [0.1, 0.15) is 0 Å². The van der Waals surface area contributed by atoms with Crippen molar-refractivity contribution in [2.45, 2.75) is 38.5 Å². The molecule has 12 atom stereocenters. The molecule has 106 valence electrons. The molecule has 0 heteroatoms. The lowest BCUT2D eigenvalue weighted by atomic mass is 9.38. The van der Waals surface area contributed by atoms with Crippen LogP contribution in [0.5, 0.6) is 0 Å². The first-order valence-electron chi connectivity index (χ1n) is 10.1. The van der Waals surface area contributed by atoms with Gasteiger partial charge >= 0.3 is 0 Å². The molecule has 0 spiro atoms. The number of fused-ring (bicyclic) bond motifs is 3. The largest absolute Gasteiger partial charge is 0.0848 e. The molecule has 0 aliphatic heterocycles. The molecule has 9 rings (SSSR count). The van der Waals surface area contributed by atoms with Crippen molar-refractivity contribution in [3.63, 3.8) is 0 Å². The molecule has 0 saturated heterocycles. The molecule has 20 heavy (non-hydrogen) atoms. The van der Waals surface area contributed by atoms with E-state index in [-0.39, 0.29) is 12.8 Å². The average Bonchev–Trinajstić information content (AvgIpc) is 2.60. The Morgan fingerprint density at radius 2 is 1.10 bits per heavy atom. The van der Waals surface area contributed by atoms with Crippen molar-refractivity contribution in [2.75, 3.05) is 0 Å². The molecule has 0 nitrogen and oxygen atoms in total. The van der Waals surface area contributed by atoms with Crippen LogP contribution in [0, 0.1) is 59.2 Å². The first-order valence-corrected chi connectivity index (χ1v) is 8.97. The second kappa shape index (κ2) is 3.62. The van der Waals surface area contributed by atoms with E-state index in [2.05, 4.69) is 24.3 Å². The Balaban J connectivity index is 1.49. The van der Waals surface area contributed by atoms with Gasteiger partial charge in [0.15, 0.2) is 0 Å². The van der Waals surface area contributed by atoms with E-state index in [1.807, 2.05) is 0 Å². The molecule has 0 amide bonds. The molecule has 0 aromatic rings. The quantitative estimate of drug-likeness (QED) is 0.559. The van der Waals surface area contributed by atoms with E-state index < -0.39 is 0 Å². The zero-order valence-corrected chi connectivity index (χ0v) is 12.1. The topological polar surface area (TPSA) is 0 Å². The molecule has 0 heterocycles. The van der Waals surface area contributed by atoms with Crippen LogP contribution in [-0.2, 0) is 0 Å². The fourth-order valence-electron chi connectivity index (χ4n) is 7.60. The second-order valence-corrected chi connectivity index (χ2v) is 8.43. The third kappa shape index (κ3) is 1.14. The highest BCUT2D eigenvalue weighted by Crippen LogP contribution is 2.68. The lowest BCUT2D eigenvalue weighted by Gasteiger charge is -2.66. The van der Waals surface area contributed by atoms with Crippen LogP contribution in [-0.4, -0.2) is 0 Å². The van der Waals surface area contributed by atoms with Crippen LogP contribution in [0.25, 0.3) is 0 Å². The first-order chi connectivity index (χ1) is 10.8. The summed E-state index contributed by atoms with van der Waals surface area (Å²) in [5.74, 6) is 7.47. The Morgan fingerprint density at radius 1 is 0.600 bits per heavy atom. The van der Waals surface area contributed by atoms with Gasteiger partial charge in [0, 0.05) is 2.74 Å². The van der Waals surface area contributed by atoms with E-state index >= 15 is 0 Å². The van der Waals surface area contributed by atoms with Crippen molar-refractivity contribution < 1.29 is 2.74 Å². The predicted octanol–water partition coefficient (Wildman–Crippen LogP) is 4.68. The van der Waals surface area contributed by atoms with Crippen LogP contribution < -0.4 is 0 Å². The van der Waals surface area contributed by atoms with Crippen LogP contribution in [0.3, 0.4) is 0 Å². The van der Waals surface area contributed by atoms with E-state index in [1.165, 1.54) is 25.7 Å². The van der Waals surface area contributed by atoms with E-state index in [1.54, 1.807) is 0 Å². The molecule has 6 bridgehead atoms. The van der Waals surface area contributed by atoms with Gasteiger partial charge in [-0.25, -0.2) is 0 Å². The predicted molar refractivity (Wildman–Crippen MR) is 80.9 cm³/mol. The fourth-order valence-corrected chi connectivity index (χ4v) is 7.60. The molecule has 0 radical (unpaired) electrons. The van der Waals surface area contributed by atoms with E-state index in [0.29, 0.717) is 11.8 Å². The first kappa shape index (κ1) is 9.49. The van der Waals surface area contributed by atoms with Crippen LogP contribution in [0.4, 0.5) is 0 Å². The van der Waals surface area contributed by atoms with Gasteiger partial charge in [-0.1, -0.05) is 24.3 Å². The monoisotopic (exact) mass is 268 g/mol. The maximum absolute atomic E-state index is 8.58. The highest BCUT2D eigenvalue weighted by molar-refractivity contribution is 5.25. The van der Waals surface area contributed by atoms with Crippen molar-refractivity contribution >= 4 is 0 Å². The fraction of sp³-hybridized carbons (Fsp3) is 0.800. The van der Waals surface area contributed by atoms with Crippen molar-refractivity contribution in [1.29, 1.82) is 0 Å². The Labute approximate surface area is 125 Å². The lowest BCUT2D eigenvalue weighted by Crippen LogP contribution is -2.61. The van der Waals surface area contributed by atoms with E-state index in [9.17, 15) is 0 Å². The molecule has 5 fully saturated rings. The molecule has 0 aromatic heterocycles. The van der Waals surface area contributed by atoms with E-state index in [0.717, 1.165) is 47.3 Å². The van der Waals surface area contributed by atoms with Gasteiger partial charge < -0.3 is 0 Å². The van der Waals surface area contributed by atoms with Crippen LogP contribution in [0.1, 0.15) is 41.2 Å². The summed E-state index contributed by atoms with van der Waals surface area (Å²) in [7, 11) is 0. The average molecular weight is 268 g/mol. The number of allylic oxidation sites excluding steroid dienone is 4. The third-order valence-electron chi connectivity index (χ3n) is 8.08. The number of hydrogen-bond donors (Lipinski definition) is 0. The summed E-state index contributed by atoms with van der Waals surface area (Å²) in [5.41, 5.74) is 0. The maximum atomic E-state index is 8.58. The van der Waals surface area contributed by atoms with Crippen molar-refractivity contribution in [3.8, 4) is 0 Å². The summed E-state index contributed by atoms with van der Waals surface area (Å²) in [6.07, 6.45) is 15.4. The summed E-state index contributed by atoms with van der Waals surface area (Å²) in [5, 5.41) is 0. The SMILES string of the molecule is [2H][C@@H]1[C@H]([2H])[C@@H]2CC[C@H]1[C@@H]1[C@@H]3C=C[C@H]([C@H]21)[C@@H]1[C@H]3[C@@H]2C=C[C@H]1CC2. The summed E-state index contributed by atoms with van der Waals surface area (Å²) in [6.45, 7) is 0. The lowest BCUT2D eigenvalue weighted by molar-refractivity contribution is -0.140. The van der Waals surface area contributed by atoms with Crippen LogP contribution in [0.2, 0.25) is 0 Å². The minimum atomic E-state index is -0.0949. The zero-order chi connectivity index (χ0) is 14.6. The molecule has 0 unspecified atom stereocenters. The van der Waals surface area contributed by atoms with Crippen molar-refractivity contribution in [3.05, 3.63) is 24.3 Å². The van der Waals surface area contributed by atoms with Gasteiger partial charge in [-0.2, -0.15) is 0 Å². The summed E-state index contributed by atoms with van der Waals surface area (Å²) in [6, 6.07) is 0. The van der Waals surface area contributed by atoms with Gasteiger partial charge in [0.25, 0.3) is 0 Å². The third-order valence-corrected chi connectivity index (χ3v) is 8.08. The Bertz CT molecular complexity index is 518. The van der Waals surface area contributed by atoms with Gasteiger partial charge in [0.2, 0.25) is 0 Å². The Hall–Kier alpha value is -0.520. The Kier molecular flexibility index (Phi) is 1.72. The highest BCUT2D eigenvalue weighted by atomic mass is 14.7. The standard InChI is InChI=1S/C20H26/c1-2-12-4-3-11(1)17-15-9-10-16(18(12)17)20-14-7-5-13(6-8-14)19(15)20/h1-2,9-20H,3-8H2/t11-,12+,13-,14+,15-,16+,17+,18-,19-,20+/i5D,7D/t5-,7+,11-,12+,13+,14-,15-,16+,17+,18-,19-,20+. The van der Waals surface area contributed by atoms with Crippen LogP contribution >= 0.6 is 0 Å². The molecule has 5 saturated carbocycles. The molecule has 9 aliphatic carbocycles. The smallest absolute Gasteiger partial charge is 0.0270 e. The highest BCUT2D eigenvalue weighted by Gasteiger charge is 2.62. The molecular weight excluding hydrogens is 240 g/mol. The van der Waals surface area contributed by atoms with Gasteiger partial charge in [0.05, 0.1) is 0 Å². The minimum Gasteiger partial charge on any atom is -0.0848 e. The van der Waals surface area contributed by atoms with Crippen LogP contribution in [0.15, 0.2) is 24.3 Å². The zero-order valence-electron chi connectivity index (χ0n) is 14.1. The maximum Gasteiger partial charge on any atom is 0.0270 e. The molecular formula is C20H26. The van der Waals surface area contributed by atoms with Crippen molar-refractivity contribution in [2.24, 2.45) is 59.2 Å². The number of hydrogen-bond acceptors (Lipinski definition) is 0. The molecule has 0 N–H and O–H groups in total. The Morgan fingerprint density at radius 3 is 1.55 bits per heavy atom. The summed E-state index contributed by atoms with van der Waals surface area (Å²) in [4.78, 5) is 0. The van der Waals surface area contributed by atoms with Gasteiger partial charge in [-0.3, -0.25) is 0 Å². The summed E-state index contributed by atoms with van der Waals surface area (Å²) < 4.78 is 17.2.